The van der Waals surface area contributed by atoms with Gasteiger partial charge < -0.3 is 10.6 Å². The average Bonchev–Trinajstić information content (AvgIpc) is 2.41. The van der Waals surface area contributed by atoms with Crippen LogP contribution in [0.3, 0.4) is 0 Å². The zero-order chi connectivity index (χ0) is 15.6. The molecule has 2 aromatic rings. The molecule has 0 aliphatic carbocycles. The van der Waals surface area contributed by atoms with Crippen molar-refractivity contribution < 1.29 is 8.78 Å². The van der Waals surface area contributed by atoms with Crippen LogP contribution in [0.2, 0.25) is 0 Å². The van der Waals surface area contributed by atoms with Gasteiger partial charge in [-0.25, -0.2) is 8.78 Å². The van der Waals surface area contributed by atoms with Crippen molar-refractivity contribution in [3.05, 3.63) is 64.7 Å². The molecule has 2 aromatic carbocycles. The van der Waals surface area contributed by atoms with E-state index in [2.05, 4.69) is 0 Å². The van der Waals surface area contributed by atoms with E-state index in [1.54, 1.807) is 19.1 Å². The summed E-state index contributed by atoms with van der Waals surface area (Å²) in [5.74, 6) is -0.520. The van der Waals surface area contributed by atoms with E-state index in [0.29, 0.717) is 12.1 Å². The van der Waals surface area contributed by atoms with Gasteiger partial charge in [-0.3, -0.25) is 0 Å². The lowest BCUT2D eigenvalue weighted by Crippen LogP contribution is -2.21. The third-order valence-corrected chi connectivity index (χ3v) is 3.52. The maximum Gasteiger partial charge on any atom is 0.126 e. The quantitative estimate of drug-likeness (QED) is 0.924. The number of rotatable bonds is 4. The molecule has 21 heavy (non-hydrogen) atoms. The second kappa shape index (κ2) is 6.22. The predicted molar refractivity (Wildman–Crippen MR) is 82.2 cm³/mol. The van der Waals surface area contributed by atoms with Crippen LogP contribution in [0.25, 0.3) is 0 Å². The first-order valence-electron chi connectivity index (χ1n) is 6.89. The maximum atomic E-state index is 13.7. The molecule has 0 saturated heterocycles. The van der Waals surface area contributed by atoms with Gasteiger partial charge in [0.2, 0.25) is 0 Å². The van der Waals surface area contributed by atoms with Gasteiger partial charge in [-0.15, -0.1) is 0 Å². The summed E-state index contributed by atoms with van der Waals surface area (Å²) in [5.41, 5.74) is 8.98. The van der Waals surface area contributed by atoms with E-state index < -0.39 is 0 Å². The minimum absolute atomic E-state index is 0.259. The van der Waals surface area contributed by atoms with Crippen LogP contribution in [-0.4, -0.2) is 7.05 Å². The molecule has 0 heterocycles. The van der Waals surface area contributed by atoms with E-state index in [4.69, 9.17) is 5.73 Å². The van der Waals surface area contributed by atoms with E-state index >= 15 is 0 Å². The molecule has 0 aromatic heterocycles. The fourth-order valence-electron chi connectivity index (χ4n) is 2.37. The lowest BCUT2D eigenvalue weighted by molar-refractivity contribution is 0.612. The van der Waals surface area contributed by atoms with E-state index in [0.717, 1.165) is 16.8 Å². The molecule has 0 fully saturated rings. The summed E-state index contributed by atoms with van der Waals surface area (Å²) in [6.07, 6.45) is 0. The van der Waals surface area contributed by atoms with Gasteiger partial charge in [-0.2, -0.15) is 0 Å². The number of hydrogen-bond acceptors (Lipinski definition) is 2. The molecule has 0 aliphatic rings. The van der Waals surface area contributed by atoms with Crippen LogP contribution in [0, 0.1) is 18.6 Å². The summed E-state index contributed by atoms with van der Waals surface area (Å²) in [7, 11) is 1.89. The summed E-state index contributed by atoms with van der Waals surface area (Å²) in [4.78, 5) is 1.96. The second-order valence-electron chi connectivity index (χ2n) is 5.43. The SMILES string of the molecule is Cc1cc(N(C)Cc2cccc(F)c2)c([C@H](C)N)cc1F. The highest BCUT2D eigenvalue weighted by Gasteiger charge is 2.14. The minimum atomic E-state index is -0.273. The summed E-state index contributed by atoms with van der Waals surface area (Å²) < 4.78 is 27.0. The Morgan fingerprint density at radius 3 is 2.52 bits per heavy atom. The van der Waals surface area contributed by atoms with Crippen molar-refractivity contribution >= 4 is 5.69 Å². The van der Waals surface area contributed by atoms with E-state index in [1.807, 2.05) is 24.9 Å². The van der Waals surface area contributed by atoms with Crippen LogP contribution in [0.5, 0.6) is 0 Å². The van der Waals surface area contributed by atoms with Gasteiger partial charge in [0.15, 0.2) is 0 Å². The largest absolute Gasteiger partial charge is 0.370 e. The van der Waals surface area contributed by atoms with Crippen LogP contribution in [0.4, 0.5) is 14.5 Å². The topological polar surface area (TPSA) is 29.3 Å². The Morgan fingerprint density at radius 2 is 1.90 bits per heavy atom. The lowest BCUT2D eigenvalue weighted by Gasteiger charge is -2.25. The van der Waals surface area contributed by atoms with Crippen molar-refractivity contribution in [2.75, 3.05) is 11.9 Å². The molecule has 0 saturated carbocycles. The molecule has 0 unspecified atom stereocenters. The highest BCUT2D eigenvalue weighted by atomic mass is 19.1. The van der Waals surface area contributed by atoms with Gasteiger partial charge in [0.25, 0.3) is 0 Å². The van der Waals surface area contributed by atoms with Crippen molar-refractivity contribution in [3.63, 3.8) is 0 Å². The Labute approximate surface area is 124 Å². The molecule has 2 rings (SSSR count). The van der Waals surface area contributed by atoms with Crippen molar-refractivity contribution in [2.24, 2.45) is 5.73 Å². The summed E-state index contributed by atoms with van der Waals surface area (Å²) >= 11 is 0. The third-order valence-electron chi connectivity index (χ3n) is 3.52. The highest BCUT2D eigenvalue weighted by molar-refractivity contribution is 5.56. The highest BCUT2D eigenvalue weighted by Crippen LogP contribution is 2.28. The number of benzene rings is 2. The molecule has 2 nitrogen and oxygen atoms in total. The number of nitrogens with zero attached hydrogens (tertiary/aromatic N) is 1. The number of hydrogen-bond donors (Lipinski definition) is 1. The zero-order valence-corrected chi connectivity index (χ0v) is 12.5. The van der Waals surface area contributed by atoms with Crippen LogP contribution >= 0.6 is 0 Å². The van der Waals surface area contributed by atoms with Crippen molar-refractivity contribution in [3.8, 4) is 0 Å². The number of halogens is 2. The standard InChI is InChI=1S/C17H20F2N2/c1-11-7-17(15(12(2)20)9-16(11)19)21(3)10-13-5-4-6-14(18)8-13/h4-9,12H,10,20H2,1-3H3/t12-/m0/s1. The maximum absolute atomic E-state index is 13.7. The fourth-order valence-corrected chi connectivity index (χ4v) is 2.37. The van der Waals surface area contributed by atoms with Gasteiger partial charge in [0, 0.05) is 25.3 Å². The summed E-state index contributed by atoms with van der Waals surface area (Å²) in [6, 6.07) is 9.45. The molecule has 0 radical (unpaired) electrons. The van der Waals surface area contributed by atoms with Gasteiger partial charge in [-0.05, 0) is 54.8 Å². The van der Waals surface area contributed by atoms with Crippen LogP contribution in [0.1, 0.15) is 29.7 Å². The van der Waals surface area contributed by atoms with E-state index in [9.17, 15) is 8.78 Å². The smallest absolute Gasteiger partial charge is 0.126 e. The van der Waals surface area contributed by atoms with Crippen LogP contribution < -0.4 is 10.6 Å². The molecule has 4 heteroatoms. The molecule has 112 valence electrons. The van der Waals surface area contributed by atoms with Crippen molar-refractivity contribution in [2.45, 2.75) is 26.4 Å². The third kappa shape index (κ3) is 3.58. The summed E-state index contributed by atoms with van der Waals surface area (Å²) in [6.45, 7) is 4.08. The molecular formula is C17H20F2N2. The van der Waals surface area contributed by atoms with Crippen molar-refractivity contribution in [1.82, 2.24) is 0 Å². The molecule has 0 amide bonds. The molecule has 1 atom stereocenters. The predicted octanol–water partition coefficient (Wildman–Crippen LogP) is 3.93. The zero-order valence-electron chi connectivity index (χ0n) is 12.5. The van der Waals surface area contributed by atoms with Crippen LogP contribution in [0.15, 0.2) is 36.4 Å². The summed E-state index contributed by atoms with van der Waals surface area (Å²) in [5, 5.41) is 0. The van der Waals surface area contributed by atoms with Crippen LogP contribution in [-0.2, 0) is 6.54 Å². The van der Waals surface area contributed by atoms with Gasteiger partial charge in [0.05, 0.1) is 0 Å². The Hall–Kier alpha value is -1.94. The minimum Gasteiger partial charge on any atom is -0.370 e. The first kappa shape index (κ1) is 15.4. The molecule has 0 aliphatic heterocycles. The number of aryl methyl sites for hydroxylation is 1. The monoisotopic (exact) mass is 290 g/mol. The Balaban J connectivity index is 2.34. The molecule has 2 N–H and O–H groups in total. The first-order valence-corrected chi connectivity index (χ1v) is 6.89. The van der Waals surface area contributed by atoms with Gasteiger partial charge in [-0.1, -0.05) is 12.1 Å². The van der Waals surface area contributed by atoms with Crippen molar-refractivity contribution in [1.29, 1.82) is 0 Å². The lowest BCUT2D eigenvalue weighted by atomic mass is 10.0. The Bertz CT molecular complexity index is 639. The molecule has 0 bridgehead atoms. The number of nitrogens with two attached hydrogens (primary N) is 1. The average molecular weight is 290 g/mol. The second-order valence-corrected chi connectivity index (χ2v) is 5.43. The number of anilines is 1. The van der Waals surface area contributed by atoms with Gasteiger partial charge >= 0.3 is 0 Å². The Kier molecular flexibility index (Phi) is 4.58. The van der Waals surface area contributed by atoms with E-state index in [1.165, 1.54) is 18.2 Å². The van der Waals surface area contributed by atoms with E-state index in [-0.39, 0.29) is 17.7 Å². The fraction of sp³-hybridized carbons (Fsp3) is 0.294. The normalized spacial score (nSPS) is 12.3. The van der Waals surface area contributed by atoms with Gasteiger partial charge in [0.1, 0.15) is 11.6 Å². The molecular weight excluding hydrogens is 270 g/mol. The Morgan fingerprint density at radius 1 is 1.19 bits per heavy atom. The molecule has 0 spiro atoms. The first-order chi connectivity index (χ1) is 9.88.